The van der Waals surface area contributed by atoms with E-state index in [0.29, 0.717) is 17.7 Å². The topological polar surface area (TPSA) is 140 Å². The van der Waals surface area contributed by atoms with Gasteiger partial charge < -0.3 is 20.3 Å². The van der Waals surface area contributed by atoms with Gasteiger partial charge in [-0.1, -0.05) is 0 Å². The number of imidazole rings is 1. The van der Waals surface area contributed by atoms with Crippen LogP contribution in [0.3, 0.4) is 0 Å². The van der Waals surface area contributed by atoms with E-state index in [-0.39, 0.29) is 42.5 Å². The van der Waals surface area contributed by atoms with Crippen LogP contribution in [0.25, 0.3) is 5.65 Å². The first-order valence-corrected chi connectivity index (χ1v) is 14.8. The molecule has 4 heterocycles. The summed E-state index contributed by atoms with van der Waals surface area (Å²) in [4.78, 5) is 31.2. The van der Waals surface area contributed by atoms with E-state index in [1.807, 2.05) is 5.32 Å². The van der Waals surface area contributed by atoms with Gasteiger partial charge in [-0.05, 0) is 48.0 Å². The highest BCUT2D eigenvalue weighted by molar-refractivity contribution is 6.48. The first-order valence-electron chi connectivity index (χ1n) is 14.8. The van der Waals surface area contributed by atoms with Gasteiger partial charge in [0, 0.05) is 29.1 Å². The summed E-state index contributed by atoms with van der Waals surface area (Å²) in [6, 6.07) is -2.31. The molecule has 2 saturated carbocycles. The van der Waals surface area contributed by atoms with Crippen molar-refractivity contribution in [3.8, 4) is 0 Å². The molecule has 0 spiro atoms. The molecule has 1 aliphatic heterocycles. The highest BCUT2D eigenvalue weighted by atomic mass is 19.3. The average molecular weight is 670 g/mol. The van der Waals surface area contributed by atoms with E-state index in [2.05, 4.69) is 30.3 Å². The number of carbonyl (C=O) groups excluding carboxylic acids is 2. The summed E-state index contributed by atoms with van der Waals surface area (Å²) in [5.74, 6) is -8.92. The number of halogens is 6. The number of aromatic nitrogens is 5. The molecular formula is C26H24B4F6N8O4. The van der Waals surface area contributed by atoms with E-state index in [0.717, 1.165) is 0 Å². The van der Waals surface area contributed by atoms with E-state index >= 15 is 8.78 Å². The predicted molar refractivity (Wildman–Crippen MR) is 155 cm³/mol. The molecule has 8 radical (unpaired) electrons. The fraction of sp³-hybridized carbons (Fsp3) is 0.615. The molecule has 12 nitrogen and oxygen atoms in total. The van der Waals surface area contributed by atoms with Crippen molar-refractivity contribution in [2.45, 2.75) is 85.7 Å². The number of urea groups is 1. The number of carbonyl (C=O) groups is 2. The van der Waals surface area contributed by atoms with Crippen LogP contribution in [-0.2, 0) is 4.74 Å². The Morgan fingerprint density at radius 1 is 1.10 bits per heavy atom. The van der Waals surface area contributed by atoms with Gasteiger partial charge in [0.05, 0.1) is 74.3 Å². The first-order chi connectivity index (χ1) is 22.4. The van der Waals surface area contributed by atoms with Crippen LogP contribution in [0.5, 0.6) is 0 Å². The third-order valence-corrected chi connectivity index (χ3v) is 8.80. The molecule has 6 rings (SSSR count). The summed E-state index contributed by atoms with van der Waals surface area (Å²) in [6.07, 6.45) is -0.489. The van der Waals surface area contributed by atoms with Crippen molar-refractivity contribution in [2.75, 3.05) is 6.61 Å². The molecule has 2 N–H and O–H groups in total. The second kappa shape index (κ2) is 12.0. The van der Waals surface area contributed by atoms with Crippen molar-refractivity contribution in [3.05, 3.63) is 41.1 Å². The van der Waals surface area contributed by atoms with Crippen molar-refractivity contribution in [2.24, 2.45) is 5.92 Å². The maximum atomic E-state index is 15.3. The van der Waals surface area contributed by atoms with Crippen LogP contribution < -0.4 is 10.6 Å². The molecule has 1 saturated heterocycles. The van der Waals surface area contributed by atoms with Crippen molar-refractivity contribution in [1.29, 1.82) is 0 Å². The minimum Gasteiger partial charge on any atom is -0.376 e. The number of alkyl halides is 6. The molecule has 3 fully saturated rings. The summed E-state index contributed by atoms with van der Waals surface area (Å²) < 4.78 is 96.9. The van der Waals surface area contributed by atoms with Gasteiger partial charge in [-0.2, -0.15) is 5.10 Å². The van der Waals surface area contributed by atoms with Crippen molar-refractivity contribution in [1.82, 2.24) is 40.4 Å². The van der Waals surface area contributed by atoms with Gasteiger partial charge >= 0.3 is 6.03 Å². The number of amides is 3. The number of fused-ring (bicyclic) bond motifs is 1. The van der Waals surface area contributed by atoms with Gasteiger partial charge in [0.2, 0.25) is 11.6 Å². The zero-order chi connectivity index (χ0) is 34.8. The van der Waals surface area contributed by atoms with Crippen LogP contribution in [-0.4, -0.2) is 108 Å². The van der Waals surface area contributed by atoms with Crippen LogP contribution >= 0.6 is 0 Å². The third-order valence-electron chi connectivity index (χ3n) is 8.80. The van der Waals surface area contributed by atoms with Crippen LogP contribution in [0.15, 0.2) is 23.1 Å². The van der Waals surface area contributed by atoms with Gasteiger partial charge in [0.15, 0.2) is 11.3 Å². The fourth-order valence-corrected chi connectivity index (χ4v) is 5.92. The van der Waals surface area contributed by atoms with E-state index in [4.69, 9.17) is 36.1 Å². The SMILES string of the molecule is [B]C1([B])NC(=O)N([C@H](COC2CC2)c2cnn3cc([C@@H](NC(=O)c4nonc4C(F)F)C4CCC(F)(F)CC4)nc3c2)C([B])([B])C1(F)F. The van der Waals surface area contributed by atoms with Crippen LogP contribution in [0.1, 0.15) is 84.5 Å². The Morgan fingerprint density at radius 2 is 1.79 bits per heavy atom. The standard InChI is InChI=1S/C26H24B4F6N8O4/c27-25(28)24(35,36)26(29,30)44(22(46)40-25)15(10-47-13-1-2-13)12-7-16-38-14(9-43(16)37-8-12)17(11-3-5-23(33,34)6-4-11)39-21(45)19-18(20(31)32)41-48-42-19/h7-9,11,13,15,17,20H,1-6,10H2,(H,39,45)(H,40,46)/t15-,17+/m1/s1. The number of ether oxygens (including phenoxy) is 1. The van der Waals surface area contributed by atoms with Gasteiger partial charge in [-0.15, -0.1) is 0 Å². The number of hydrogen-bond donors (Lipinski definition) is 2. The van der Waals surface area contributed by atoms with Crippen LogP contribution in [0.4, 0.5) is 31.1 Å². The molecule has 2 aliphatic carbocycles. The van der Waals surface area contributed by atoms with Crippen molar-refractivity contribution >= 4 is 49.0 Å². The number of nitrogens with one attached hydrogen (secondary N) is 2. The molecule has 246 valence electrons. The first kappa shape index (κ1) is 34.2. The average Bonchev–Trinajstić information content (AvgIpc) is 3.51. The Bertz CT molecular complexity index is 1700. The Balaban J connectivity index is 1.36. The number of nitrogens with zero attached hydrogens (tertiary/aromatic N) is 6. The lowest BCUT2D eigenvalue weighted by atomic mass is 9.43. The molecule has 0 bridgehead atoms. The Morgan fingerprint density at radius 3 is 2.44 bits per heavy atom. The molecule has 48 heavy (non-hydrogen) atoms. The molecule has 0 unspecified atom stereocenters. The second-order valence-corrected chi connectivity index (χ2v) is 12.3. The molecule has 2 atom stereocenters. The zero-order valence-electron chi connectivity index (χ0n) is 25.0. The number of hydrogen-bond acceptors (Lipinski definition) is 8. The maximum absolute atomic E-state index is 15.3. The summed E-state index contributed by atoms with van der Waals surface area (Å²) in [5, 5.41) is 8.66. The minimum absolute atomic E-state index is 0.0546. The van der Waals surface area contributed by atoms with Crippen molar-refractivity contribution in [3.63, 3.8) is 0 Å². The lowest BCUT2D eigenvalue weighted by Gasteiger charge is -2.58. The van der Waals surface area contributed by atoms with Gasteiger partial charge in [0.25, 0.3) is 18.3 Å². The van der Waals surface area contributed by atoms with Crippen LogP contribution in [0, 0.1) is 5.92 Å². The summed E-state index contributed by atoms with van der Waals surface area (Å²) in [6.45, 7) is -0.342. The quantitative estimate of drug-likeness (QED) is 0.248. The predicted octanol–water partition coefficient (Wildman–Crippen LogP) is 2.21. The van der Waals surface area contributed by atoms with E-state index in [1.54, 1.807) is 0 Å². The summed E-state index contributed by atoms with van der Waals surface area (Å²) >= 11 is 0. The van der Waals surface area contributed by atoms with E-state index in [9.17, 15) is 27.2 Å². The second-order valence-electron chi connectivity index (χ2n) is 12.3. The highest BCUT2D eigenvalue weighted by Crippen LogP contribution is 2.44. The maximum Gasteiger partial charge on any atom is 0.316 e. The fourth-order valence-electron chi connectivity index (χ4n) is 5.92. The van der Waals surface area contributed by atoms with Gasteiger partial charge in [-0.3, -0.25) is 4.79 Å². The van der Waals surface area contributed by atoms with Crippen molar-refractivity contribution < 1.29 is 45.3 Å². The summed E-state index contributed by atoms with van der Waals surface area (Å²) in [7, 11) is 22.7. The summed E-state index contributed by atoms with van der Waals surface area (Å²) in [5.41, 5.74) is -1.53. The minimum atomic E-state index is -4.27. The Kier molecular flexibility index (Phi) is 8.55. The van der Waals surface area contributed by atoms with Crippen LogP contribution in [0.2, 0.25) is 0 Å². The molecule has 3 amide bonds. The molecular weight excluding hydrogens is 646 g/mol. The highest BCUT2D eigenvalue weighted by Gasteiger charge is 2.64. The largest absolute Gasteiger partial charge is 0.376 e. The molecule has 0 aromatic carbocycles. The zero-order valence-corrected chi connectivity index (χ0v) is 25.0. The normalized spacial score (nSPS) is 23.1. The van der Waals surface area contributed by atoms with Gasteiger partial charge in [0.1, 0.15) is 0 Å². The monoisotopic (exact) mass is 670 g/mol. The number of rotatable bonds is 10. The molecule has 22 heteroatoms. The molecule has 3 aliphatic rings. The van der Waals surface area contributed by atoms with E-state index < -0.39 is 83.1 Å². The van der Waals surface area contributed by atoms with E-state index in [1.165, 1.54) is 23.0 Å². The smallest absolute Gasteiger partial charge is 0.316 e. The Labute approximate surface area is 274 Å². The lowest BCUT2D eigenvalue weighted by molar-refractivity contribution is -0.109. The molecule has 3 aromatic heterocycles. The lowest BCUT2D eigenvalue weighted by Crippen LogP contribution is -2.83. The Hall–Kier alpha value is -3.70. The van der Waals surface area contributed by atoms with Gasteiger partial charge in [-0.25, -0.2) is 45.3 Å². The third kappa shape index (κ3) is 6.15. The molecule has 3 aromatic rings.